The minimum Gasteiger partial charge on any atom is -0.497 e. The van der Waals surface area contributed by atoms with E-state index in [1.165, 1.54) is 0 Å². The van der Waals surface area contributed by atoms with Crippen molar-refractivity contribution in [2.75, 3.05) is 32.7 Å². The Bertz CT molecular complexity index is 383. The van der Waals surface area contributed by atoms with Crippen molar-refractivity contribution in [3.8, 4) is 5.75 Å². The highest BCUT2D eigenvalue weighted by atomic mass is 16.5. The lowest BCUT2D eigenvalue weighted by molar-refractivity contribution is -0.140. The van der Waals surface area contributed by atoms with Gasteiger partial charge in [-0.2, -0.15) is 0 Å². The summed E-state index contributed by atoms with van der Waals surface area (Å²) in [7, 11) is 1.64. The normalized spacial score (nSPS) is 17.5. The van der Waals surface area contributed by atoms with Crippen LogP contribution in [0.2, 0.25) is 0 Å². The first kappa shape index (κ1) is 12.2. The number of aliphatic hydroxyl groups excluding tert-OH is 1. The van der Waals surface area contributed by atoms with Gasteiger partial charge in [0, 0.05) is 11.1 Å². The van der Waals surface area contributed by atoms with Crippen molar-refractivity contribution in [1.82, 2.24) is 0 Å². The Hall–Kier alpha value is -1.26. The molecule has 1 aliphatic heterocycles. The van der Waals surface area contributed by atoms with Crippen molar-refractivity contribution in [3.05, 3.63) is 23.8 Å². The molecular formula is C13H19NO3. The van der Waals surface area contributed by atoms with E-state index in [9.17, 15) is 5.11 Å². The van der Waals surface area contributed by atoms with Crippen LogP contribution < -0.4 is 10.5 Å². The summed E-state index contributed by atoms with van der Waals surface area (Å²) in [6, 6.07) is 5.67. The van der Waals surface area contributed by atoms with Gasteiger partial charge in [0.25, 0.3) is 0 Å². The van der Waals surface area contributed by atoms with Crippen LogP contribution in [0.15, 0.2) is 18.2 Å². The summed E-state index contributed by atoms with van der Waals surface area (Å²) in [5.74, 6) is 0.817. The molecule has 0 aromatic heterocycles. The third-order valence-corrected chi connectivity index (χ3v) is 3.43. The molecule has 0 spiro atoms. The molecule has 4 heteroatoms. The molecule has 1 heterocycles. The molecule has 2 rings (SSSR count). The molecule has 1 saturated heterocycles. The number of aliphatic hydroxyl groups is 1. The highest BCUT2D eigenvalue weighted by molar-refractivity contribution is 5.50. The highest BCUT2D eigenvalue weighted by Gasteiger charge is 2.37. The average molecular weight is 237 g/mol. The van der Waals surface area contributed by atoms with Crippen LogP contribution in [0.25, 0.3) is 0 Å². The molecule has 17 heavy (non-hydrogen) atoms. The molecule has 1 aromatic carbocycles. The third-order valence-electron chi connectivity index (χ3n) is 3.43. The fourth-order valence-corrected chi connectivity index (χ4v) is 2.03. The largest absolute Gasteiger partial charge is 0.497 e. The van der Waals surface area contributed by atoms with Crippen molar-refractivity contribution >= 4 is 5.69 Å². The summed E-state index contributed by atoms with van der Waals surface area (Å²) in [5, 5.41) is 9.35. The van der Waals surface area contributed by atoms with E-state index in [1.807, 2.05) is 18.2 Å². The number of rotatable bonds is 5. The van der Waals surface area contributed by atoms with Crippen molar-refractivity contribution in [1.29, 1.82) is 0 Å². The molecule has 4 nitrogen and oxygen atoms in total. The first-order chi connectivity index (χ1) is 8.19. The lowest BCUT2D eigenvalue weighted by atomic mass is 9.81. The minimum atomic E-state index is -0.0600. The van der Waals surface area contributed by atoms with E-state index < -0.39 is 0 Å². The highest BCUT2D eigenvalue weighted by Crippen LogP contribution is 2.33. The Morgan fingerprint density at radius 3 is 2.76 bits per heavy atom. The standard InChI is InChI=1S/C13H19NO3/c1-16-11-2-3-12(14)10(6-11)4-5-13(7-15)8-17-9-13/h2-3,6,15H,4-5,7-9,14H2,1H3. The second-order valence-electron chi connectivity index (χ2n) is 4.72. The van der Waals surface area contributed by atoms with E-state index in [1.54, 1.807) is 7.11 Å². The Kier molecular flexibility index (Phi) is 3.54. The van der Waals surface area contributed by atoms with Gasteiger partial charge in [0.05, 0.1) is 26.9 Å². The fourth-order valence-electron chi connectivity index (χ4n) is 2.03. The summed E-state index contributed by atoms with van der Waals surface area (Å²) < 4.78 is 10.4. The molecule has 1 fully saturated rings. The number of ether oxygens (including phenoxy) is 2. The van der Waals surface area contributed by atoms with Gasteiger partial charge in [0.2, 0.25) is 0 Å². The Labute approximate surface area is 101 Å². The van der Waals surface area contributed by atoms with E-state index >= 15 is 0 Å². The van der Waals surface area contributed by atoms with Gasteiger partial charge in [0.1, 0.15) is 5.75 Å². The van der Waals surface area contributed by atoms with E-state index in [4.69, 9.17) is 15.2 Å². The minimum absolute atomic E-state index is 0.0600. The van der Waals surface area contributed by atoms with E-state index in [0.717, 1.165) is 29.8 Å². The second kappa shape index (κ2) is 4.94. The monoisotopic (exact) mass is 237 g/mol. The van der Waals surface area contributed by atoms with Gasteiger partial charge in [-0.25, -0.2) is 0 Å². The van der Waals surface area contributed by atoms with Crippen molar-refractivity contribution in [2.45, 2.75) is 12.8 Å². The van der Waals surface area contributed by atoms with Gasteiger partial charge >= 0.3 is 0 Å². The molecule has 0 unspecified atom stereocenters. The zero-order valence-electron chi connectivity index (χ0n) is 10.1. The summed E-state index contributed by atoms with van der Waals surface area (Å²) in [6.07, 6.45) is 1.73. The summed E-state index contributed by atoms with van der Waals surface area (Å²) in [5.41, 5.74) is 7.72. The maximum Gasteiger partial charge on any atom is 0.119 e. The lowest BCUT2D eigenvalue weighted by Gasteiger charge is -2.40. The molecule has 94 valence electrons. The van der Waals surface area contributed by atoms with E-state index in [-0.39, 0.29) is 12.0 Å². The molecule has 0 bridgehead atoms. The molecule has 3 N–H and O–H groups in total. The number of aryl methyl sites for hydroxylation is 1. The summed E-state index contributed by atoms with van der Waals surface area (Å²) >= 11 is 0. The zero-order valence-corrected chi connectivity index (χ0v) is 10.1. The first-order valence-electron chi connectivity index (χ1n) is 5.80. The number of anilines is 1. The zero-order chi connectivity index (χ0) is 12.3. The van der Waals surface area contributed by atoms with Gasteiger partial charge in [-0.1, -0.05) is 0 Å². The number of nitrogens with two attached hydrogens (primary N) is 1. The van der Waals surface area contributed by atoms with Crippen LogP contribution in [0.3, 0.4) is 0 Å². The molecule has 0 amide bonds. The number of nitrogen functional groups attached to an aromatic ring is 1. The third kappa shape index (κ3) is 2.53. The SMILES string of the molecule is COc1ccc(N)c(CCC2(CO)COC2)c1. The number of methoxy groups -OCH3 is 1. The average Bonchev–Trinajstić information content (AvgIpc) is 2.30. The Balaban J connectivity index is 2.02. The molecule has 0 atom stereocenters. The van der Waals surface area contributed by atoms with E-state index in [2.05, 4.69) is 0 Å². The van der Waals surface area contributed by atoms with Crippen LogP contribution in [0.5, 0.6) is 5.75 Å². The molecule has 0 radical (unpaired) electrons. The first-order valence-corrected chi connectivity index (χ1v) is 5.80. The van der Waals surface area contributed by atoms with Crippen LogP contribution in [0, 0.1) is 5.41 Å². The fraction of sp³-hybridized carbons (Fsp3) is 0.538. The lowest BCUT2D eigenvalue weighted by Crippen LogP contribution is -2.45. The molecule has 1 aromatic rings. The quantitative estimate of drug-likeness (QED) is 0.756. The van der Waals surface area contributed by atoms with Gasteiger partial charge in [0.15, 0.2) is 0 Å². The molecule has 0 aliphatic carbocycles. The summed E-state index contributed by atoms with van der Waals surface area (Å²) in [4.78, 5) is 0. The van der Waals surface area contributed by atoms with E-state index in [0.29, 0.717) is 13.2 Å². The van der Waals surface area contributed by atoms with Crippen molar-refractivity contribution in [3.63, 3.8) is 0 Å². The van der Waals surface area contributed by atoms with Gasteiger partial charge in [-0.05, 0) is 36.6 Å². The van der Waals surface area contributed by atoms with Crippen LogP contribution in [-0.4, -0.2) is 32.0 Å². The van der Waals surface area contributed by atoms with Gasteiger partial charge in [-0.3, -0.25) is 0 Å². The van der Waals surface area contributed by atoms with Crippen molar-refractivity contribution < 1.29 is 14.6 Å². The number of hydrogen-bond acceptors (Lipinski definition) is 4. The number of hydrogen-bond donors (Lipinski definition) is 2. The van der Waals surface area contributed by atoms with Gasteiger partial charge in [-0.15, -0.1) is 0 Å². The number of benzene rings is 1. The molecule has 0 saturated carbocycles. The van der Waals surface area contributed by atoms with Gasteiger partial charge < -0.3 is 20.3 Å². The Morgan fingerprint density at radius 2 is 2.24 bits per heavy atom. The van der Waals surface area contributed by atoms with Crippen LogP contribution in [0.4, 0.5) is 5.69 Å². The summed E-state index contributed by atoms with van der Waals surface area (Å²) in [6.45, 7) is 1.47. The van der Waals surface area contributed by atoms with Crippen LogP contribution in [0.1, 0.15) is 12.0 Å². The second-order valence-corrected chi connectivity index (χ2v) is 4.72. The smallest absolute Gasteiger partial charge is 0.119 e. The maximum atomic E-state index is 9.35. The molecule has 1 aliphatic rings. The predicted molar refractivity (Wildman–Crippen MR) is 66.1 cm³/mol. The van der Waals surface area contributed by atoms with Crippen LogP contribution in [-0.2, 0) is 11.2 Å². The Morgan fingerprint density at radius 1 is 1.47 bits per heavy atom. The maximum absolute atomic E-state index is 9.35. The predicted octanol–water partition coefficient (Wildman–Crippen LogP) is 1.22. The van der Waals surface area contributed by atoms with Crippen LogP contribution >= 0.6 is 0 Å². The topological polar surface area (TPSA) is 64.7 Å². The molecular weight excluding hydrogens is 218 g/mol. The van der Waals surface area contributed by atoms with Crippen molar-refractivity contribution in [2.24, 2.45) is 5.41 Å².